The third-order valence-electron chi connectivity index (χ3n) is 2.62. The first-order valence-corrected chi connectivity index (χ1v) is 6.19. The van der Waals surface area contributed by atoms with Crippen LogP contribution in [0.15, 0.2) is 29.3 Å². The van der Waals surface area contributed by atoms with Crippen molar-refractivity contribution >= 4 is 5.96 Å². The van der Waals surface area contributed by atoms with Crippen molar-refractivity contribution < 1.29 is 9.13 Å². The summed E-state index contributed by atoms with van der Waals surface area (Å²) in [6, 6.07) is 6.42. The molecule has 0 fully saturated rings. The van der Waals surface area contributed by atoms with E-state index >= 15 is 0 Å². The summed E-state index contributed by atoms with van der Waals surface area (Å²) >= 11 is 0. The molecule has 98 valence electrons. The third-order valence-corrected chi connectivity index (χ3v) is 2.62. The first kappa shape index (κ1) is 12.7. The van der Waals surface area contributed by atoms with Crippen LogP contribution in [-0.4, -0.2) is 31.7 Å². The second kappa shape index (κ2) is 6.23. The Bertz CT molecular complexity index is 422. The molecule has 5 heteroatoms. The number of rotatable bonds is 4. The summed E-state index contributed by atoms with van der Waals surface area (Å²) in [7, 11) is 0. The molecule has 0 bridgehead atoms. The quantitative estimate of drug-likeness (QED) is 0.853. The van der Waals surface area contributed by atoms with E-state index in [-0.39, 0.29) is 17.7 Å². The molecule has 4 nitrogen and oxygen atoms in total. The number of halogens is 1. The lowest BCUT2D eigenvalue weighted by Gasteiger charge is -2.19. The molecule has 18 heavy (non-hydrogen) atoms. The highest BCUT2D eigenvalue weighted by molar-refractivity contribution is 5.80. The average molecular weight is 251 g/mol. The molecule has 1 heterocycles. The summed E-state index contributed by atoms with van der Waals surface area (Å²) in [5, 5.41) is 6.31. The first-order chi connectivity index (χ1) is 8.75. The van der Waals surface area contributed by atoms with E-state index in [1.807, 2.05) is 6.92 Å². The Kier molecular flexibility index (Phi) is 4.39. The van der Waals surface area contributed by atoms with Crippen LogP contribution in [0.25, 0.3) is 0 Å². The molecule has 2 N–H and O–H groups in total. The van der Waals surface area contributed by atoms with Crippen molar-refractivity contribution in [3.8, 4) is 5.75 Å². The van der Waals surface area contributed by atoms with Gasteiger partial charge in [0.05, 0.1) is 6.54 Å². The molecular formula is C13H18FN3O. The van der Waals surface area contributed by atoms with E-state index in [2.05, 4.69) is 15.6 Å². The van der Waals surface area contributed by atoms with Gasteiger partial charge in [-0.15, -0.1) is 0 Å². The monoisotopic (exact) mass is 251 g/mol. The molecule has 1 unspecified atom stereocenters. The van der Waals surface area contributed by atoms with Crippen LogP contribution in [0, 0.1) is 5.82 Å². The standard InChI is InChI=1S/C13H18FN3O/c1-10(9-17-13-15-7-4-8-16-13)18-12-6-3-2-5-11(12)14/h2-3,5-6,10H,4,7-9H2,1H3,(H2,15,16,17). The van der Waals surface area contributed by atoms with E-state index in [0.29, 0.717) is 6.54 Å². The minimum atomic E-state index is -0.336. The van der Waals surface area contributed by atoms with Gasteiger partial charge in [0.1, 0.15) is 6.10 Å². The van der Waals surface area contributed by atoms with Crippen LogP contribution < -0.4 is 15.4 Å². The van der Waals surface area contributed by atoms with Gasteiger partial charge in [-0.05, 0) is 25.5 Å². The SMILES string of the molecule is CC(CNC1=NCCCN1)Oc1ccccc1F. The number of hydrogen-bond acceptors (Lipinski definition) is 4. The van der Waals surface area contributed by atoms with E-state index < -0.39 is 0 Å². The molecule has 2 rings (SSSR count). The topological polar surface area (TPSA) is 45.7 Å². The van der Waals surface area contributed by atoms with Crippen molar-refractivity contribution in [1.29, 1.82) is 0 Å². The lowest BCUT2D eigenvalue weighted by Crippen LogP contribution is -2.44. The highest BCUT2D eigenvalue weighted by Crippen LogP contribution is 2.16. The fourth-order valence-corrected chi connectivity index (χ4v) is 1.69. The largest absolute Gasteiger partial charge is 0.486 e. The zero-order valence-corrected chi connectivity index (χ0v) is 10.4. The van der Waals surface area contributed by atoms with Gasteiger partial charge in [0.2, 0.25) is 0 Å². The summed E-state index contributed by atoms with van der Waals surface area (Å²) in [5.74, 6) is 0.744. The smallest absolute Gasteiger partial charge is 0.191 e. The van der Waals surface area contributed by atoms with Gasteiger partial charge in [-0.1, -0.05) is 12.1 Å². The van der Waals surface area contributed by atoms with Crippen LogP contribution in [-0.2, 0) is 0 Å². The van der Waals surface area contributed by atoms with E-state index in [4.69, 9.17) is 4.74 Å². The molecule has 0 spiro atoms. The minimum Gasteiger partial charge on any atom is -0.486 e. The van der Waals surface area contributed by atoms with Crippen molar-refractivity contribution in [2.45, 2.75) is 19.4 Å². The number of nitrogens with one attached hydrogen (secondary N) is 2. The Morgan fingerprint density at radius 1 is 1.50 bits per heavy atom. The molecule has 0 amide bonds. The van der Waals surface area contributed by atoms with Crippen molar-refractivity contribution in [3.05, 3.63) is 30.1 Å². The molecule has 1 aromatic carbocycles. The van der Waals surface area contributed by atoms with Gasteiger partial charge in [-0.25, -0.2) is 4.39 Å². The Morgan fingerprint density at radius 2 is 2.33 bits per heavy atom. The number of guanidine groups is 1. The molecule has 0 aromatic heterocycles. The van der Waals surface area contributed by atoms with Crippen LogP contribution in [0.4, 0.5) is 4.39 Å². The van der Waals surface area contributed by atoms with Gasteiger partial charge in [0.15, 0.2) is 17.5 Å². The molecule has 1 aromatic rings. The van der Waals surface area contributed by atoms with Crippen molar-refractivity contribution in [2.24, 2.45) is 4.99 Å². The van der Waals surface area contributed by atoms with Gasteiger partial charge >= 0.3 is 0 Å². The Balaban J connectivity index is 1.80. The molecular weight excluding hydrogens is 233 g/mol. The van der Waals surface area contributed by atoms with Gasteiger partial charge in [0, 0.05) is 13.1 Å². The summed E-state index contributed by atoms with van der Waals surface area (Å²) < 4.78 is 18.9. The van der Waals surface area contributed by atoms with Gasteiger partial charge in [-0.3, -0.25) is 4.99 Å². The summed E-state index contributed by atoms with van der Waals surface area (Å²) in [6.45, 7) is 4.26. The second-order valence-corrected chi connectivity index (χ2v) is 4.25. The molecule has 0 radical (unpaired) electrons. The molecule has 0 saturated carbocycles. The highest BCUT2D eigenvalue weighted by Gasteiger charge is 2.09. The van der Waals surface area contributed by atoms with E-state index in [1.54, 1.807) is 18.2 Å². The predicted octanol–water partition coefficient (Wildman–Crippen LogP) is 1.53. The summed E-state index contributed by atoms with van der Waals surface area (Å²) in [6.07, 6.45) is 0.931. The van der Waals surface area contributed by atoms with E-state index in [1.165, 1.54) is 6.07 Å². The van der Waals surface area contributed by atoms with E-state index in [0.717, 1.165) is 25.5 Å². The number of nitrogens with zero attached hydrogens (tertiary/aromatic N) is 1. The van der Waals surface area contributed by atoms with Crippen molar-refractivity contribution in [3.63, 3.8) is 0 Å². The number of hydrogen-bond donors (Lipinski definition) is 2. The summed E-state index contributed by atoms with van der Waals surface area (Å²) in [4.78, 5) is 4.29. The van der Waals surface area contributed by atoms with Gasteiger partial charge < -0.3 is 15.4 Å². The Labute approximate surface area is 106 Å². The number of aliphatic imine (C=N–C) groups is 1. The number of ether oxygens (including phenoxy) is 1. The van der Waals surface area contributed by atoms with E-state index in [9.17, 15) is 4.39 Å². The second-order valence-electron chi connectivity index (χ2n) is 4.25. The first-order valence-electron chi connectivity index (χ1n) is 6.19. The molecule has 1 aliphatic heterocycles. The van der Waals surface area contributed by atoms with Gasteiger partial charge in [0.25, 0.3) is 0 Å². The minimum absolute atomic E-state index is 0.131. The molecule has 1 atom stereocenters. The number of benzene rings is 1. The third kappa shape index (κ3) is 3.61. The van der Waals surface area contributed by atoms with Crippen LogP contribution in [0.3, 0.4) is 0 Å². The molecule has 1 aliphatic rings. The number of para-hydroxylation sites is 1. The lowest BCUT2D eigenvalue weighted by atomic mass is 10.3. The van der Waals surface area contributed by atoms with Crippen LogP contribution in [0.5, 0.6) is 5.75 Å². The zero-order chi connectivity index (χ0) is 12.8. The fraction of sp³-hybridized carbons (Fsp3) is 0.462. The van der Waals surface area contributed by atoms with Gasteiger partial charge in [-0.2, -0.15) is 0 Å². The Hall–Kier alpha value is -1.78. The zero-order valence-electron chi connectivity index (χ0n) is 10.4. The maximum Gasteiger partial charge on any atom is 0.191 e. The predicted molar refractivity (Wildman–Crippen MR) is 69.4 cm³/mol. The van der Waals surface area contributed by atoms with Crippen molar-refractivity contribution in [2.75, 3.05) is 19.6 Å². The normalized spacial score (nSPS) is 16.4. The Morgan fingerprint density at radius 3 is 3.06 bits per heavy atom. The summed E-state index contributed by atoms with van der Waals surface area (Å²) in [5.41, 5.74) is 0. The van der Waals surface area contributed by atoms with Crippen LogP contribution in [0.2, 0.25) is 0 Å². The van der Waals surface area contributed by atoms with Crippen LogP contribution >= 0.6 is 0 Å². The maximum atomic E-state index is 13.4. The van der Waals surface area contributed by atoms with Crippen LogP contribution in [0.1, 0.15) is 13.3 Å². The average Bonchev–Trinajstić information content (AvgIpc) is 2.40. The lowest BCUT2D eigenvalue weighted by molar-refractivity contribution is 0.214. The highest BCUT2D eigenvalue weighted by atomic mass is 19.1. The molecule has 0 aliphatic carbocycles. The maximum absolute atomic E-state index is 13.4. The molecule has 0 saturated heterocycles. The fourth-order valence-electron chi connectivity index (χ4n) is 1.69. The van der Waals surface area contributed by atoms with Crippen molar-refractivity contribution in [1.82, 2.24) is 10.6 Å².